The van der Waals surface area contributed by atoms with Crippen LogP contribution in [-0.2, 0) is 7.05 Å². The van der Waals surface area contributed by atoms with E-state index in [1.54, 1.807) is 20.2 Å². The maximum absolute atomic E-state index is 12.3. The number of nitrogen functional groups attached to an aromatic ring is 1. The quantitative estimate of drug-likeness (QED) is 0.899. The number of halogens is 1. The van der Waals surface area contributed by atoms with Gasteiger partial charge in [-0.1, -0.05) is 15.9 Å². The highest BCUT2D eigenvalue weighted by atomic mass is 79.9. The van der Waals surface area contributed by atoms with Crippen LogP contribution in [0.25, 0.3) is 0 Å². The SMILES string of the molecule is COc1cc(Br)cc(C)c1NC(=O)c1c(N)cnn1C. The molecule has 0 radical (unpaired) electrons. The van der Waals surface area contributed by atoms with E-state index in [1.807, 2.05) is 13.0 Å². The number of aryl methyl sites for hydroxylation is 2. The summed E-state index contributed by atoms with van der Waals surface area (Å²) in [6, 6.07) is 3.68. The second kappa shape index (κ2) is 5.54. The van der Waals surface area contributed by atoms with Crippen molar-refractivity contribution in [1.82, 2.24) is 9.78 Å². The number of benzene rings is 1. The highest BCUT2D eigenvalue weighted by Crippen LogP contribution is 2.32. The number of hydrogen-bond donors (Lipinski definition) is 2. The van der Waals surface area contributed by atoms with Crippen LogP contribution in [0.4, 0.5) is 11.4 Å². The molecule has 1 aromatic heterocycles. The van der Waals surface area contributed by atoms with Gasteiger partial charge in [-0.25, -0.2) is 0 Å². The Labute approximate surface area is 125 Å². The van der Waals surface area contributed by atoms with Crippen molar-refractivity contribution >= 4 is 33.2 Å². The smallest absolute Gasteiger partial charge is 0.276 e. The molecule has 0 fully saturated rings. The van der Waals surface area contributed by atoms with Gasteiger partial charge >= 0.3 is 0 Å². The van der Waals surface area contributed by atoms with Gasteiger partial charge in [0.2, 0.25) is 0 Å². The zero-order chi connectivity index (χ0) is 14.9. The van der Waals surface area contributed by atoms with E-state index in [0.717, 1.165) is 10.0 Å². The number of anilines is 2. The first kappa shape index (κ1) is 14.4. The van der Waals surface area contributed by atoms with Gasteiger partial charge in [-0.15, -0.1) is 0 Å². The summed E-state index contributed by atoms with van der Waals surface area (Å²) in [5, 5.41) is 6.77. The topological polar surface area (TPSA) is 82.2 Å². The fourth-order valence-corrected chi connectivity index (χ4v) is 2.49. The molecule has 7 heteroatoms. The van der Waals surface area contributed by atoms with Crippen molar-refractivity contribution in [2.45, 2.75) is 6.92 Å². The van der Waals surface area contributed by atoms with E-state index < -0.39 is 0 Å². The summed E-state index contributed by atoms with van der Waals surface area (Å²) in [5.74, 6) is 0.247. The van der Waals surface area contributed by atoms with Crippen LogP contribution in [0.2, 0.25) is 0 Å². The van der Waals surface area contributed by atoms with E-state index in [1.165, 1.54) is 10.9 Å². The normalized spacial score (nSPS) is 10.4. The first-order valence-electron chi connectivity index (χ1n) is 5.87. The summed E-state index contributed by atoms with van der Waals surface area (Å²) in [6.45, 7) is 1.88. The van der Waals surface area contributed by atoms with E-state index in [9.17, 15) is 4.79 Å². The van der Waals surface area contributed by atoms with Crippen LogP contribution in [0.15, 0.2) is 22.8 Å². The van der Waals surface area contributed by atoms with Gasteiger partial charge in [-0.05, 0) is 24.6 Å². The second-order valence-electron chi connectivity index (χ2n) is 4.33. The third-order valence-corrected chi connectivity index (χ3v) is 3.36. The van der Waals surface area contributed by atoms with Crippen LogP contribution in [0.1, 0.15) is 16.1 Å². The fraction of sp³-hybridized carbons (Fsp3) is 0.231. The van der Waals surface area contributed by atoms with Crippen LogP contribution >= 0.6 is 15.9 Å². The van der Waals surface area contributed by atoms with Crippen molar-refractivity contribution in [3.8, 4) is 5.75 Å². The first-order chi connectivity index (χ1) is 9.43. The minimum Gasteiger partial charge on any atom is -0.495 e. The van der Waals surface area contributed by atoms with Crippen molar-refractivity contribution in [3.63, 3.8) is 0 Å². The number of nitrogens with zero attached hydrogens (tertiary/aromatic N) is 2. The Kier molecular flexibility index (Phi) is 3.99. The van der Waals surface area contributed by atoms with E-state index in [0.29, 0.717) is 22.8 Å². The maximum Gasteiger partial charge on any atom is 0.276 e. The van der Waals surface area contributed by atoms with Crippen molar-refractivity contribution in [2.24, 2.45) is 7.05 Å². The van der Waals surface area contributed by atoms with Crippen molar-refractivity contribution in [3.05, 3.63) is 34.1 Å². The molecule has 1 amide bonds. The van der Waals surface area contributed by atoms with Gasteiger partial charge in [0, 0.05) is 11.5 Å². The number of methoxy groups -OCH3 is 1. The van der Waals surface area contributed by atoms with Crippen LogP contribution in [0, 0.1) is 6.92 Å². The molecule has 3 N–H and O–H groups in total. The Balaban J connectivity index is 2.38. The Morgan fingerprint density at radius 1 is 1.50 bits per heavy atom. The van der Waals surface area contributed by atoms with Gasteiger partial charge in [0.15, 0.2) is 0 Å². The van der Waals surface area contributed by atoms with Crippen molar-refractivity contribution < 1.29 is 9.53 Å². The summed E-state index contributed by atoms with van der Waals surface area (Å²) in [4.78, 5) is 12.3. The number of aromatic nitrogens is 2. The lowest BCUT2D eigenvalue weighted by Crippen LogP contribution is -2.18. The molecule has 1 aromatic carbocycles. The fourth-order valence-electron chi connectivity index (χ4n) is 1.94. The van der Waals surface area contributed by atoms with E-state index >= 15 is 0 Å². The lowest BCUT2D eigenvalue weighted by Gasteiger charge is -2.14. The van der Waals surface area contributed by atoms with Crippen LogP contribution < -0.4 is 15.8 Å². The number of nitrogens with two attached hydrogens (primary N) is 1. The Morgan fingerprint density at radius 2 is 2.20 bits per heavy atom. The number of hydrogen-bond acceptors (Lipinski definition) is 4. The second-order valence-corrected chi connectivity index (χ2v) is 5.24. The lowest BCUT2D eigenvalue weighted by molar-refractivity contribution is 0.101. The van der Waals surface area contributed by atoms with E-state index in [4.69, 9.17) is 10.5 Å². The zero-order valence-electron chi connectivity index (χ0n) is 11.4. The molecular formula is C13H15BrN4O2. The predicted octanol–water partition coefficient (Wildman–Crippen LogP) is 2.33. The van der Waals surface area contributed by atoms with Gasteiger partial charge in [0.1, 0.15) is 11.4 Å². The number of carbonyl (C=O) groups excluding carboxylic acids is 1. The number of ether oxygens (including phenoxy) is 1. The molecule has 2 aromatic rings. The van der Waals surface area contributed by atoms with Crippen LogP contribution in [0.5, 0.6) is 5.75 Å². The van der Waals surface area contributed by atoms with Gasteiger partial charge in [-0.3, -0.25) is 9.48 Å². The van der Waals surface area contributed by atoms with Gasteiger partial charge in [0.05, 0.1) is 24.7 Å². The van der Waals surface area contributed by atoms with Crippen LogP contribution in [0.3, 0.4) is 0 Å². The number of rotatable bonds is 3. The molecule has 0 atom stereocenters. The average molecular weight is 339 g/mol. The standard InChI is InChI=1S/C13H15BrN4O2/c1-7-4-8(14)5-10(20-3)11(7)17-13(19)12-9(15)6-16-18(12)2/h4-6H,15H2,1-3H3,(H,17,19). The molecule has 0 aliphatic rings. The molecule has 0 aliphatic carbocycles. The highest BCUT2D eigenvalue weighted by molar-refractivity contribution is 9.10. The molecule has 106 valence electrons. The van der Waals surface area contributed by atoms with E-state index in [-0.39, 0.29) is 5.91 Å². The molecule has 0 unspecified atom stereocenters. The molecule has 20 heavy (non-hydrogen) atoms. The molecule has 1 heterocycles. The summed E-state index contributed by atoms with van der Waals surface area (Å²) >= 11 is 3.39. The molecule has 0 saturated heterocycles. The molecule has 0 saturated carbocycles. The predicted molar refractivity (Wildman–Crippen MR) is 81.0 cm³/mol. The molecule has 2 rings (SSSR count). The Morgan fingerprint density at radius 3 is 2.75 bits per heavy atom. The minimum atomic E-state index is -0.328. The molecule has 0 bridgehead atoms. The van der Waals surface area contributed by atoms with Gasteiger partial charge in [0.25, 0.3) is 5.91 Å². The number of carbonyl (C=O) groups is 1. The maximum atomic E-state index is 12.3. The van der Waals surface area contributed by atoms with Crippen molar-refractivity contribution in [2.75, 3.05) is 18.2 Å². The average Bonchev–Trinajstić information content (AvgIpc) is 2.71. The molecule has 0 aliphatic heterocycles. The Bertz CT molecular complexity index is 647. The van der Waals surface area contributed by atoms with Crippen LogP contribution in [-0.4, -0.2) is 22.8 Å². The Hall–Kier alpha value is -2.02. The summed E-state index contributed by atoms with van der Waals surface area (Å²) < 4.78 is 7.60. The molecule has 0 spiro atoms. The first-order valence-corrected chi connectivity index (χ1v) is 6.66. The monoisotopic (exact) mass is 338 g/mol. The third kappa shape index (κ3) is 2.62. The zero-order valence-corrected chi connectivity index (χ0v) is 13.0. The highest BCUT2D eigenvalue weighted by Gasteiger charge is 2.18. The number of nitrogens with one attached hydrogen (secondary N) is 1. The lowest BCUT2D eigenvalue weighted by atomic mass is 10.1. The van der Waals surface area contributed by atoms with Gasteiger partial charge < -0.3 is 15.8 Å². The number of amides is 1. The summed E-state index contributed by atoms with van der Waals surface area (Å²) in [7, 11) is 3.21. The summed E-state index contributed by atoms with van der Waals surface area (Å²) in [5.41, 5.74) is 7.88. The largest absolute Gasteiger partial charge is 0.495 e. The minimum absolute atomic E-state index is 0.314. The third-order valence-electron chi connectivity index (χ3n) is 2.90. The van der Waals surface area contributed by atoms with E-state index in [2.05, 4.69) is 26.3 Å². The summed E-state index contributed by atoms with van der Waals surface area (Å²) in [6.07, 6.45) is 1.45. The van der Waals surface area contributed by atoms with Gasteiger partial charge in [-0.2, -0.15) is 5.10 Å². The molecular weight excluding hydrogens is 324 g/mol. The van der Waals surface area contributed by atoms with Crippen molar-refractivity contribution in [1.29, 1.82) is 0 Å². The molecule has 6 nitrogen and oxygen atoms in total.